The topological polar surface area (TPSA) is 68.2 Å². The van der Waals surface area contributed by atoms with Crippen molar-refractivity contribution in [2.75, 3.05) is 20.3 Å². The molecule has 0 aromatic rings. The normalized spacial score (nSPS) is 53.1. The molecule has 2 N–H and O–H groups in total. The van der Waals surface area contributed by atoms with Crippen molar-refractivity contribution in [3.05, 3.63) is 0 Å². The van der Waals surface area contributed by atoms with Crippen LogP contribution in [0.2, 0.25) is 0 Å². The molecule has 0 amide bonds. The van der Waals surface area contributed by atoms with Crippen molar-refractivity contribution in [2.24, 2.45) is 0 Å². The number of hydrogen-bond acceptors (Lipinski definition) is 5. The van der Waals surface area contributed by atoms with E-state index in [0.29, 0.717) is 6.42 Å². The molecule has 5 nitrogen and oxygen atoms in total. The summed E-state index contributed by atoms with van der Waals surface area (Å²) in [7, 11) is 1.55. The highest BCUT2D eigenvalue weighted by Gasteiger charge is 2.57. The SMILES string of the molecule is CO[C@]1(C)C[C@@]2(CO1)OC[C@@H](O)[C@@H]2O. The summed E-state index contributed by atoms with van der Waals surface area (Å²) in [5.74, 6) is -0.717. The minimum Gasteiger partial charge on any atom is -0.388 e. The second-order valence-electron chi connectivity index (χ2n) is 4.19. The van der Waals surface area contributed by atoms with Crippen LogP contribution in [0.25, 0.3) is 0 Å². The number of aliphatic hydroxyl groups is 2. The molecule has 82 valence electrons. The molecule has 2 rings (SSSR count). The summed E-state index contributed by atoms with van der Waals surface area (Å²) < 4.78 is 16.0. The van der Waals surface area contributed by atoms with Crippen LogP contribution in [-0.2, 0) is 14.2 Å². The molecule has 2 fully saturated rings. The van der Waals surface area contributed by atoms with Gasteiger partial charge in [0, 0.05) is 13.5 Å². The Morgan fingerprint density at radius 1 is 1.36 bits per heavy atom. The van der Waals surface area contributed by atoms with E-state index in [1.807, 2.05) is 0 Å². The quantitative estimate of drug-likeness (QED) is 0.589. The molecule has 0 aromatic carbocycles. The molecular weight excluding hydrogens is 188 g/mol. The van der Waals surface area contributed by atoms with E-state index in [2.05, 4.69) is 0 Å². The average molecular weight is 204 g/mol. The van der Waals surface area contributed by atoms with Crippen molar-refractivity contribution < 1.29 is 24.4 Å². The minimum absolute atomic E-state index is 0.157. The highest BCUT2D eigenvalue weighted by atomic mass is 16.7. The van der Waals surface area contributed by atoms with Crippen molar-refractivity contribution >= 4 is 0 Å². The van der Waals surface area contributed by atoms with Crippen molar-refractivity contribution in [1.82, 2.24) is 0 Å². The van der Waals surface area contributed by atoms with E-state index in [1.54, 1.807) is 14.0 Å². The molecule has 5 heteroatoms. The van der Waals surface area contributed by atoms with Crippen molar-refractivity contribution in [2.45, 2.75) is 36.9 Å². The lowest BCUT2D eigenvalue weighted by atomic mass is 9.92. The smallest absolute Gasteiger partial charge is 0.168 e. The Bertz CT molecular complexity index is 233. The summed E-state index contributed by atoms with van der Waals surface area (Å²) in [4.78, 5) is 0. The van der Waals surface area contributed by atoms with Crippen LogP contribution in [0, 0.1) is 0 Å². The van der Waals surface area contributed by atoms with Crippen molar-refractivity contribution in [3.63, 3.8) is 0 Å². The first-order chi connectivity index (χ1) is 6.51. The summed E-state index contributed by atoms with van der Waals surface area (Å²) in [5, 5.41) is 19.2. The van der Waals surface area contributed by atoms with E-state index >= 15 is 0 Å². The van der Waals surface area contributed by atoms with Gasteiger partial charge in [0.1, 0.15) is 17.8 Å². The van der Waals surface area contributed by atoms with Crippen LogP contribution < -0.4 is 0 Å². The Balaban J connectivity index is 2.13. The first-order valence-corrected chi connectivity index (χ1v) is 4.71. The lowest BCUT2D eigenvalue weighted by Gasteiger charge is -2.27. The fourth-order valence-electron chi connectivity index (χ4n) is 2.11. The van der Waals surface area contributed by atoms with Gasteiger partial charge in [0.15, 0.2) is 5.79 Å². The summed E-state index contributed by atoms with van der Waals surface area (Å²) >= 11 is 0. The molecule has 0 aromatic heterocycles. The summed E-state index contributed by atoms with van der Waals surface area (Å²) in [6.07, 6.45) is -1.27. The molecule has 0 saturated carbocycles. The zero-order chi connectivity index (χ0) is 10.4. The van der Waals surface area contributed by atoms with Crippen LogP contribution >= 0.6 is 0 Å². The third kappa shape index (κ3) is 1.36. The molecule has 0 radical (unpaired) electrons. The monoisotopic (exact) mass is 204 g/mol. The van der Waals surface area contributed by atoms with Crippen LogP contribution in [-0.4, -0.2) is 54.1 Å². The van der Waals surface area contributed by atoms with E-state index in [1.165, 1.54) is 0 Å². The molecule has 2 aliphatic heterocycles. The van der Waals surface area contributed by atoms with Gasteiger partial charge in [-0.2, -0.15) is 0 Å². The highest BCUT2D eigenvalue weighted by molar-refractivity contribution is 5.04. The lowest BCUT2D eigenvalue weighted by Crippen LogP contribution is -2.44. The van der Waals surface area contributed by atoms with Gasteiger partial charge in [0.2, 0.25) is 0 Å². The van der Waals surface area contributed by atoms with E-state index in [9.17, 15) is 10.2 Å². The maximum absolute atomic E-state index is 9.77. The van der Waals surface area contributed by atoms with Gasteiger partial charge in [0.25, 0.3) is 0 Å². The first kappa shape index (κ1) is 10.3. The third-order valence-electron chi connectivity index (χ3n) is 3.12. The summed E-state index contributed by atoms with van der Waals surface area (Å²) in [5.41, 5.74) is -0.788. The minimum atomic E-state index is -0.889. The zero-order valence-electron chi connectivity index (χ0n) is 8.40. The number of methoxy groups -OCH3 is 1. The van der Waals surface area contributed by atoms with Gasteiger partial charge in [0.05, 0.1) is 13.2 Å². The molecule has 14 heavy (non-hydrogen) atoms. The van der Waals surface area contributed by atoms with Crippen LogP contribution in [0.15, 0.2) is 0 Å². The second-order valence-corrected chi connectivity index (χ2v) is 4.19. The van der Waals surface area contributed by atoms with Gasteiger partial charge in [-0.15, -0.1) is 0 Å². The van der Waals surface area contributed by atoms with Crippen LogP contribution in [0.5, 0.6) is 0 Å². The Morgan fingerprint density at radius 3 is 2.50 bits per heavy atom. The predicted molar refractivity (Wildman–Crippen MR) is 46.7 cm³/mol. The maximum atomic E-state index is 9.77. The van der Waals surface area contributed by atoms with E-state index < -0.39 is 23.6 Å². The van der Waals surface area contributed by atoms with Gasteiger partial charge >= 0.3 is 0 Å². The third-order valence-corrected chi connectivity index (χ3v) is 3.12. The Morgan fingerprint density at radius 2 is 2.07 bits per heavy atom. The van der Waals surface area contributed by atoms with E-state index in [4.69, 9.17) is 14.2 Å². The van der Waals surface area contributed by atoms with Gasteiger partial charge in [-0.1, -0.05) is 0 Å². The Hall–Kier alpha value is -0.200. The molecule has 4 atom stereocenters. The summed E-state index contributed by atoms with van der Waals surface area (Å²) in [6.45, 7) is 2.21. The molecule has 2 saturated heterocycles. The number of ether oxygens (including phenoxy) is 3. The molecule has 2 heterocycles. The van der Waals surface area contributed by atoms with E-state index in [0.717, 1.165) is 0 Å². The van der Waals surface area contributed by atoms with Gasteiger partial charge in [-0.3, -0.25) is 0 Å². The number of aliphatic hydroxyl groups excluding tert-OH is 2. The fourth-order valence-corrected chi connectivity index (χ4v) is 2.11. The molecule has 0 aliphatic carbocycles. The first-order valence-electron chi connectivity index (χ1n) is 4.71. The standard InChI is InChI=1S/C9H16O5/c1-8(12-2)4-9(5-14-8)7(11)6(10)3-13-9/h6-7,10-11H,3-5H2,1-2H3/t6-,7+,8+,9+/m1/s1. The largest absolute Gasteiger partial charge is 0.388 e. The lowest BCUT2D eigenvalue weighted by molar-refractivity contribution is -0.178. The molecule has 1 spiro atoms. The van der Waals surface area contributed by atoms with E-state index in [-0.39, 0.29) is 13.2 Å². The maximum Gasteiger partial charge on any atom is 0.168 e. The van der Waals surface area contributed by atoms with Crippen LogP contribution in [0.4, 0.5) is 0 Å². The van der Waals surface area contributed by atoms with Crippen molar-refractivity contribution in [1.29, 1.82) is 0 Å². The van der Waals surface area contributed by atoms with Crippen LogP contribution in [0.1, 0.15) is 13.3 Å². The zero-order valence-corrected chi connectivity index (χ0v) is 8.40. The fraction of sp³-hybridized carbons (Fsp3) is 1.00. The molecular formula is C9H16O5. The number of hydrogen-bond donors (Lipinski definition) is 2. The number of rotatable bonds is 1. The second kappa shape index (κ2) is 3.15. The van der Waals surface area contributed by atoms with Gasteiger partial charge < -0.3 is 24.4 Å². The Kier molecular flexibility index (Phi) is 2.32. The Labute approximate surface area is 82.6 Å². The molecule has 0 bridgehead atoms. The van der Waals surface area contributed by atoms with Gasteiger partial charge in [-0.25, -0.2) is 0 Å². The van der Waals surface area contributed by atoms with Gasteiger partial charge in [-0.05, 0) is 6.92 Å². The average Bonchev–Trinajstić information content (AvgIpc) is 2.65. The molecule has 2 aliphatic rings. The molecule has 0 unspecified atom stereocenters. The highest BCUT2D eigenvalue weighted by Crippen LogP contribution is 2.42. The van der Waals surface area contributed by atoms with Crippen LogP contribution in [0.3, 0.4) is 0 Å². The summed E-state index contributed by atoms with van der Waals surface area (Å²) in [6, 6.07) is 0. The predicted octanol–water partition coefficient (Wildman–Crippen LogP) is -0.740. The van der Waals surface area contributed by atoms with Crippen molar-refractivity contribution in [3.8, 4) is 0 Å².